The van der Waals surface area contributed by atoms with Crippen LogP contribution in [0.3, 0.4) is 0 Å². The predicted molar refractivity (Wildman–Crippen MR) is 73.5 cm³/mol. The van der Waals surface area contributed by atoms with Gasteiger partial charge in [0.05, 0.1) is 24.3 Å². The van der Waals surface area contributed by atoms with Gasteiger partial charge in [0, 0.05) is 6.07 Å². The van der Waals surface area contributed by atoms with E-state index in [-0.39, 0.29) is 22.3 Å². The number of nitro groups is 1. The normalized spacial score (nSPS) is 9.95. The molecule has 0 fully saturated rings. The summed E-state index contributed by atoms with van der Waals surface area (Å²) in [5, 5.41) is 21.8. The molecule has 1 amide bonds. The van der Waals surface area contributed by atoms with Crippen LogP contribution in [-0.4, -0.2) is 28.2 Å². The zero-order chi connectivity index (χ0) is 15.4. The minimum atomic E-state index is -1.23. The minimum Gasteiger partial charge on any atom is -0.493 e. The van der Waals surface area contributed by atoms with Gasteiger partial charge in [-0.05, 0) is 6.07 Å². The number of amides is 1. The molecule has 9 nitrogen and oxygen atoms in total. The first kappa shape index (κ1) is 14.5. The summed E-state index contributed by atoms with van der Waals surface area (Å²) in [6, 6.07) is 3.89. The lowest BCUT2D eigenvalue weighted by molar-refractivity contribution is -0.384. The van der Waals surface area contributed by atoms with Crippen LogP contribution >= 0.6 is 11.3 Å². The second kappa shape index (κ2) is 6.05. The number of anilines is 1. The van der Waals surface area contributed by atoms with E-state index in [1.54, 1.807) is 0 Å². The number of methoxy groups -OCH3 is 1. The summed E-state index contributed by atoms with van der Waals surface area (Å²) >= 11 is 0.971. The highest BCUT2D eigenvalue weighted by molar-refractivity contribution is 7.17. The Morgan fingerprint density at radius 1 is 1.48 bits per heavy atom. The van der Waals surface area contributed by atoms with Crippen LogP contribution in [0.15, 0.2) is 24.4 Å². The molecule has 0 bridgehead atoms. The molecule has 10 heteroatoms. The van der Waals surface area contributed by atoms with Gasteiger partial charge in [0.15, 0.2) is 16.6 Å². The SMILES string of the molecule is COc1cc([N+](=O)[O-])ccc1Oc1cnc(NC(=O)O)s1. The molecule has 0 aliphatic rings. The van der Waals surface area contributed by atoms with Crippen LogP contribution in [0.5, 0.6) is 16.6 Å². The minimum absolute atomic E-state index is 0.128. The van der Waals surface area contributed by atoms with Crippen molar-refractivity contribution in [2.24, 2.45) is 0 Å². The average Bonchev–Trinajstić information content (AvgIpc) is 2.85. The van der Waals surface area contributed by atoms with Gasteiger partial charge in [0.2, 0.25) is 5.06 Å². The van der Waals surface area contributed by atoms with Crippen molar-refractivity contribution in [2.75, 3.05) is 12.4 Å². The fourth-order valence-electron chi connectivity index (χ4n) is 1.42. The number of carbonyl (C=O) groups is 1. The number of rotatable bonds is 5. The molecule has 1 aromatic carbocycles. The maximum absolute atomic E-state index is 10.7. The van der Waals surface area contributed by atoms with Gasteiger partial charge < -0.3 is 14.6 Å². The zero-order valence-electron chi connectivity index (χ0n) is 10.6. The average molecular weight is 311 g/mol. The number of nitrogens with one attached hydrogen (secondary N) is 1. The van der Waals surface area contributed by atoms with Crippen molar-refractivity contribution in [2.45, 2.75) is 0 Å². The van der Waals surface area contributed by atoms with Crippen molar-refractivity contribution in [1.29, 1.82) is 0 Å². The number of hydrogen-bond acceptors (Lipinski definition) is 7. The van der Waals surface area contributed by atoms with Gasteiger partial charge in [-0.1, -0.05) is 11.3 Å². The molecule has 110 valence electrons. The molecule has 2 N–H and O–H groups in total. The van der Waals surface area contributed by atoms with E-state index in [9.17, 15) is 14.9 Å². The van der Waals surface area contributed by atoms with Crippen molar-refractivity contribution < 1.29 is 24.3 Å². The lowest BCUT2D eigenvalue weighted by atomic mass is 10.3. The number of carboxylic acid groups (broad SMARTS) is 1. The Morgan fingerprint density at radius 2 is 2.24 bits per heavy atom. The number of non-ortho nitro benzene ring substituents is 1. The van der Waals surface area contributed by atoms with Gasteiger partial charge in [0.25, 0.3) is 5.69 Å². The van der Waals surface area contributed by atoms with Crippen LogP contribution in [0.4, 0.5) is 15.6 Å². The molecule has 0 radical (unpaired) electrons. The van der Waals surface area contributed by atoms with Crippen LogP contribution < -0.4 is 14.8 Å². The van der Waals surface area contributed by atoms with Crippen molar-refractivity contribution in [1.82, 2.24) is 4.98 Å². The Labute approximate surface area is 121 Å². The zero-order valence-corrected chi connectivity index (χ0v) is 11.4. The van der Waals surface area contributed by atoms with Crippen molar-refractivity contribution in [3.63, 3.8) is 0 Å². The van der Waals surface area contributed by atoms with E-state index in [4.69, 9.17) is 14.6 Å². The lowest BCUT2D eigenvalue weighted by Gasteiger charge is -2.07. The van der Waals surface area contributed by atoms with Crippen molar-refractivity contribution in [3.05, 3.63) is 34.5 Å². The van der Waals surface area contributed by atoms with Gasteiger partial charge >= 0.3 is 6.09 Å². The Morgan fingerprint density at radius 3 is 2.86 bits per heavy atom. The van der Waals surface area contributed by atoms with Crippen LogP contribution in [0, 0.1) is 10.1 Å². The topological polar surface area (TPSA) is 124 Å². The second-order valence-corrected chi connectivity index (χ2v) is 4.60. The molecular formula is C11H9N3O6S. The van der Waals surface area contributed by atoms with Crippen molar-refractivity contribution >= 4 is 28.2 Å². The standard InChI is InChI=1S/C11H9N3O6S/c1-19-8-4-6(14(17)18)2-3-7(8)20-9-5-12-10(21-9)13-11(15)16/h2-5H,1H3,(H,12,13)(H,15,16). The van der Waals surface area contributed by atoms with Crippen LogP contribution in [0.2, 0.25) is 0 Å². The molecule has 0 aliphatic carbocycles. The summed E-state index contributed by atoms with van der Waals surface area (Å²) in [6.07, 6.45) is 0.0976. The number of benzene rings is 1. The van der Waals surface area contributed by atoms with Gasteiger partial charge in [-0.3, -0.25) is 15.4 Å². The molecule has 0 spiro atoms. The smallest absolute Gasteiger partial charge is 0.410 e. The Balaban J connectivity index is 2.20. The summed E-state index contributed by atoms with van der Waals surface area (Å²) < 4.78 is 10.5. The van der Waals surface area contributed by atoms with Gasteiger partial charge in [0.1, 0.15) is 0 Å². The number of thiazole rings is 1. The Kier molecular flexibility index (Phi) is 4.18. The van der Waals surface area contributed by atoms with E-state index in [1.165, 1.54) is 31.5 Å². The highest BCUT2D eigenvalue weighted by Crippen LogP contribution is 2.37. The van der Waals surface area contributed by atoms with Gasteiger partial charge in [-0.15, -0.1) is 0 Å². The first-order valence-electron chi connectivity index (χ1n) is 5.45. The van der Waals surface area contributed by atoms with Crippen LogP contribution in [-0.2, 0) is 0 Å². The van der Waals surface area contributed by atoms with Crippen LogP contribution in [0.1, 0.15) is 0 Å². The Bertz CT molecular complexity index is 686. The summed E-state index contributed by atoms with van der Waals surface area (Å²) in [6.45, 7) is 0. The summed E-state index contributed by atoms with van der Waals surface area (Å²) in [7, 11) is 1.36. The molecular weight excluding hydrogens is 302 g/mol. The van der Waals surface area contributed by atoms with E-state index in [0.29, 0.717) is 5.06 Å². The lowest BCUT2D eigenvalue weighted by Crippen LogP contribution is -2.06. The molecule has 2 rings (SSSR count). The highest BCUT2D eigenvalue weighted by Gasteiger charge is 2.14. The molecule has 0 aliphatic heterocycles. The second-order valence-electron chi connectivity index (χ2n) is 3.61. The Hall–Kier alpha value is -2.88. The molecule has 1 aromatic heterocycles. The van der Waals surface area contributed by atoms with Gasteiger partial charge in [-0.25, -0.2) is 9.78 Å². The largest absolute Gasteiger partial charge is 0.493 e. The quantitative estimate of drug-likeness (QED) is 0.642. The third-order valence-electron chi connectivity index (χ3n) is 2.27. The summed E-state index contributed by atoms with van der Waals surface area (Å²) in [5.74, 6) is 0.443. The summed E-state index contributed by atoms with van der Waals surface area (Å²) in [4.78, 5) is 24.4. The van der Waals surface area contributed by atoms with Gasteiger partial charge in [-0.2, -0.15) is 0 Å². The number of hydrogen-bond donors (Lipinski definition) is 2. The van der Waals surface area contributed by atoms with Crippen LogP contribution in [0.25, 0.3) is 0 Å². The molecule has 0 unspecified atom stereocenters. The third-order valence-corrected chi connectivity index (χ3v) is 3.06. The predicted octanol–water partition coefficient (Wildman–Crippen LogP) is 2.94. The van der Waals surface area contributed by atoms with E-state index < -0.39 is 11.0 Å². The molecule has 0 atom stereocenters. The first-order chi connectivity index (χ1) is 9.99. The van der Waals surface area contributed by atoms with Crippen molar-refractivity contribution in [3.8, 4) is 16.6 Å². The molecule has 21 heavy (non-hydrogen) atoms. The maximum atomic E-state index is 10.7. The maximum Gasteiger partial charge on any atom is 0.410 e. The number of nitro benzene ring substituents is 1. The number of aromatic nitrogens is 1. The first-order valence-corrected chi connectivity index (χ1v) is 6.27. The number of nitrogens with zero attached hydrogens (tertiary/aromatic N) is 2. The third kappa shape index (κ3) is 3.57. The molecule has 0 saturated carbocycles. The van der Waals surface area contributed by atoms with E-state index in [1.807, 2.05) is 0 Å². The number of ether oxygens (including phenoxy) is 2. The summed E-state index contributed by atoms with van der Waals surface area (Å²) in [5.41, 5.74) is -0.128. The fraction of sp³-hybridized carbons (Fsp3) is 0.0909. The molecule has 0 saturated heterocycles. The van der Waals surface area contributed by atoms with E-state index in [0.717, 1.165) is 11.3 Å². The molecule has 2 aromatic rings. The monoisotopic (exact) mass is 311 g/mol. The van der Waals surface area contributed by atoms with E-state index >= 15 is 0 Å². The highest BCUT2D eigenvalue weighted by atomic mass is 32.1. The molecule has 1 heterocycles. The fourth-order valence-corrected chi connectivity index (χ4v) is 2.09. The van der Waals surface area contributed by atoms with E-state index in [2.05, 4.69) is 10.3 Å².